The molecule has 0 aromatic carbocycles. The molecule has 1 saturated carbocycles. The molecular weight excluding hydrogens is 284 g/mol. The molecule has 22 heavy (non-hydrogen) atoms. The Bertz CT molecular complexity index is 532. The lowest BCUT2D eigenvalue weighted by Gasteiger charge is -2.18. The van der Waals surface area contributed by atoms with Crippen molar-refractivity contribution in [2.75, 3.05) is 13.1 Å². The largest absolute Gasteiger partial charge is 0.466 e. The standard InChI is InChI=1S/C16H24N2O4/c1-10-7-13(11(2)22-10)16(21)18-9-15(20)17-8-14(19)12-5-3-4-6-12/h7,12,14,19H,3-6,8-9H2,1-2H3,(H,17,20)(H,18,21). The minimum Gasteiger partial charge on any atom is -0.466 e. The van der Waals surface area contributed by atoms with Crippen LogP contribution in [-0.2, 0) is 4.79 Å². The molecule has 122 valence electrons. The number of hydrogen-bond donors (Lipinski definition) is 3. The Labute approximate surface area is 130 Å². The normalized spacial score (nSPS) is 16.5. The number of furan rings is 1. The van der Waals surface area contributed by atoms with E-state index in [1.807, 2.05) is 0 Å². The summed E-state index contributed by atoms with van der Waals surface area (Å²) in [6.07, 6.45) is 3.84. The van der Waals surface area contributed by atoms with Gasteiger partial charge in [-0.2, -0.15) is 0 Å². The van der Waals surface area contributed by atoms with Crippen molar-refractivity contribution in [3.63, 3.8) is 0 Å². The maximum atomic E-state index is 11.9. The number of aliphatic hydroxyl groups is 1. The lowest BCUT2D eigenvalue weighted by atomic mass is 10.0. The average molecular weight is 308 g/mol. The van der Waals surface area contributed by atoms with Crippen molar-refractivity contribution in [2.24, 2.45) is 5.92 Å². The molecule has 6 heteroatoms. The number of aliphatic hydroxyl groups excluding tert-OH is 1. The van der Waals surface area contributed by atoms with Crippen LogP contribution in [0.1, 0.15) is 47.6 Å². The van der Waals surface area contributed by atoms with Gasteiger partial charge in [-0.05, 0) is 38.7 Å². The highest BCUT2D eigenvalue weighted by molar-refractivity contribution is 5.97. The van der Waals surface area contributed by atoms with Crippen LogP contribution in [0.25, 0.3) is 0 Å². The van der Waals surface area contributed by atoms with Crippen LogP contribution in [0.3, 0.4) is 0 Å². The quantitative estimate of drug-likeness (QED) is 0.738. The molecule has 1 aromatic heterocycles. The molecule has 1 aliphatic carbocycles. The van der Waals surface area contributed by atoms with Crippen LogP contribution in [0.4, 0.5) is 0 Å². The van der Waals surface area contributed by atoms with Crippen LogP contribution in [0.15, 0.2) is 10.5 Å². The molecule has 0 spiro atoms. The van der Waals surface area contributed by atoms with Gasteiger partial charge in [-0.15, -0.1) is 0 Å². The fraction of sp³-hybridized carbons (Fsp3) is 0.625. The second-order valence-corrected chi connectivity index (χ2v) is 5.93. The van der Waals surface area contributed by atoms with Gasteiger partial charge >= 0.3 is 0 Å². The molecule has 1 unspecified atom stereocenters. The minimum absolute atomic E-state index is 0.111. The summed E-state index contributed by atoms with van der Waals surface area (Å²) in [5.74, 6) is 0.842. The van der Waals surface area contributed by atoms with E-state index in [4.69, 9.17) is 4.42 Å². The third kappa shape index (κ3) is 4.34. The second-order valence-electron chi connectivity index (χ2n) is 5.93. The number of carbonyl (C=O) groups excluding carboxylic acids is 2. The molecule has 0 bridgehead atoms. The first-order chi connectivity index (χ1) is 10.5. The number of aryl methyl sites for hydroxylation is 2. The molecule has 0 radical (unpaired) electrons. The van der Waals surface area contributed by atoms with Crippen LogP contribution < -0.4 is 10.6 Å². The third-order valence-corrected chi connectivity index (χ3v) is 4.15. The Balaban J connectivity index is 1.71. The summed E-state index contributed by atoms with van der Waals surface area (Å²) in [4.78, 5) is 23.7. The third-order valence-electron chi connectivity index (χ3n) is 4.15. The molecule has 1 heterocycles. The number of nitrogens with one attached hydrogen (secondary N) is 2. The molecule has 0 saturated heterocycles. The first kappa shape index (κ1) is 16.5. The topological polar surface area (TPSA) is 91.6 Å². The Morgan fingerprint density at radius 2 is 2.00 bits per heavy atom. The van der Waals surface area contributed by atoms with Gasteiger partial charge in [-0.25, -0.2) is 0 Å². The van der Waals surface area contributed by atoms with Gasteiger partial charge in [-0.1, -0.05) is 12.8 Å². The fourth-order valence-corrected chi connectivity index (χ4v) is 2.90. The van der Waals surface area contributed by atoms with Crippen LogP contribution in [0.2, 0.25) is 0 Å². The van der Waals surface area contributed by atoms with E-state index in [1.54, 1.807) is 19.9 Å². The zero-order chi connectivity index (χ0) is 16.1. The van der Waals surface area contributed by atoms with Gasteiger partial charge in [0.05, 0.1) is 18.2 Å². The Kier molecular flexibility index (Phi) is 5.60. The van der Waals surface area contributed by atoms with E-state index in [1.165, 1.54) is 0 Å². The Hall–Kier alpha value is -1.82. The van der Waals surface area contributed by atoms with Crippen molar-refractivity contribution in [1.29, 1.82) is 0 Å². The number of rotatable bonds is 6. The molecule has 1 aromatic rings. The molecule has 6 nitrogen and oxygen atoms in total. The summed E-state index contributed by atoms with van der Waals surface area (Å²) in [6.45, 7) is 3.60. The number of amides is 2. The van der Waals surface area contributed by atoms with Crippen molar-refractivity contribution in [3.8, 4) is 0 Å². The Morgan fingerprint density at radius 1 is 1.32 bits per heavy atom. The van der Waals surface area contributed by atoms with Gasteiger partial charge in [0.2, 0.25) is 5.91 Å². The smallest absolute Gasteiger partial charge is 0.255 e. The van der Waals surface area contributed by atoms with Gasteiger partial charge in [0.25, 0.3) is 5.91 Å². The summed E-state index contributed by atoms with van der Waals surface area (Å²) < 4.78 is 5.28. The monoisotopic (exact) mass is 308 g/mol. The molecule has 0 aliphatic heterocycles. The van der Waals surface area contributed by atoms with Crippen LogP contribution >= 0.6 is 0 Å². The van der Waals surface area contributed by atoms with Crippen molar-refractivity contribution < 1.29 is 19.1 Å². The van der Waals surface area contributed by atoms with E-state index in [2.05, 4.69) is 10.6 Å². The lowest BCUT2D eigenvalue weighted by Crippen LogP contribution is -2.41. The number of carbonyl (C=O) groups is 2. The first-order valence-electron chi connectivity index (χ1n) is 7.77. The summed E-state index contributed by atoms with van der Waals surface area (Å²) in [6, 6.07) is 1.65. The number of hydrogen-bond acceptors (Lipinski definition) is 4. The molecule has 1 aliphatic rings. The van der Waals surface area contributed by atoms with Gasteiger partial charge < -0.3 is 20.2 Å². The maximum absolute atomic E-state index is 11.9. The highest BCUT2D eigenvalue weighted by Gasteiger charge is 2.23. The SMILES string of the molecule is Cc1cc(C(=O)NCC(=O)NCC(O)C2CCCC2)c(C)o1. The predicted molar refractivity (Wildman–Crippen MR) is 81.5 cm³/mol. The van der Waals surface area contributed by atoms with Crippen molar-refractivity contribution in [3.05, 3.63) is 23.2 Å². The molecule has 2 rings (SSSR count). The van der Waals surface area contributed by atoms with Crippen molar-refractivity contribution >= 4 is 11.8 Å². The molecule has 3 N–H and O–H groups in total. The van der Waals surface area contributed by atoms with Crippen LogP contribution in [0.5, 0.6) is 0 Å². The fourth-order valence-electron chi connectivity index (χ4n) is 2.90. The van der Waals surface area contributed by atoms with Gasteiger partial charge in [0.1, 0.15) is 11.5 Å². The highest BCUT2D eigenvalue weighted by Crippen LogP contribution is 2.27. The second kappa shape index (κ2) is 7.45. The van der Waals surface area contributed by atoms with Gasteiger partial charge in [0.15, 0.2) is 0 Å². The predicted octanol–water partition coefficient (Wildman–Crippen LogP) is 1.29. The van der Waals surface area contributed by atoms with E-state index in [9.17, 15) is 14.7 Å². The first-order valence-corrected chi connectivity index (χ1v) is 7.77. The van der Waals surface area contributed by atoms with E-state index in [-0.39, 0.29) is 30.8 Å². The summed E-state index contributed by atoms with van der Waals surface area (Å²) in [5.41, 5.74) is 0.441. The summed E-state index contributed by atoms with van der Waals surface area (Å²) in [5, 5.41) is 15.2. The molecule has 2 amide bonds. The zero-order valence-electron chi connectivity index (χ0n) is 13.1. The molecule has 1 fully saturated rings. The van der Waals surface area contributed by atoms with E-state index in [0.717, 1.165) is 25.7 Å². The van der Waals surface area contributed by atoms with Crippen molar-refractivity contribution in [1.82, 2.24) is 10.6 Å². The lowest BCUT2D eigenvalue weighted by molar-refractivity contribution is -0.120. The minimum atomic E-state index is -0.499. The summed E-state index contributed by atoms with van der Waals surface area (Å²) in [7, 11) is 0. The van der Waals surface area contributed by atoms with Crippen molar-refractivity contribution in [2.45, 2.75) is 45.6 Å². The molecule has 1 atom stereocenters. The Morgan fingerprint density at radius 3 is 2.59 bits per heavy atom. The zero-order valence-corrected chi connectivity index (χ0v) is 13.1. The van der Waals surface area contributed by atoms with E-state index >= 15 is 0 Å². The summed E-state index contributed by atoms with van der Waals surface area (Å²) >= 11 is 0. The van der Waals surface area contributed by atoms with Gasteiger partial charge in [-0.3, -0.25) is 9.59 Å². The van der Waals surface area contributed by atoms with E-state index < -0.39 is 6.10 Å². The highest BCUT2D eigenvalue weighted by atomic mass is 16.3. The maximum Gasteiger partial charge on any atom is 0.255 e. The van der Waals surface area contributed by atoms with Gasteiger partial charge in [0, 0.05) is 6.54 Å². The van der Waals surface area contributed by atoms with Crippen LogP contribution in [-0.4, -0.2) is 36.1 Å². The van der Waals surface area contributed by atoms with Crippen LogP contribution in [0, 0.1) is 19.8 Å². The molecular formula is C16H24N2O4. The van der Waals surface area contributed by atoms with E-state index in [0.29, 0.717) is 17.1 Å². The average Bonchev–Trinajstić information content (AvgIpc) is 3.11.